The molecule has 3 heterocycles. The Kier molecular flexibility index (Phi) is 5.53. The molecule has 2 aromatic heterocycles. The van der Waals surface area contributed by atoms with Crippen LogP contribution < -0.4 is 5.32 Å². The normalized spacial score (nSPS) is 15.8. The predicted octanol–water partition coefficient (Wildman–Crippen LogP) is 0.994. The lowest BCUT2D eigenvalue weighted by atomic mass is 10.0. The van der Waals surface area contributed by atoms with Crippen molar-refractivity contribution in [1.82, 2.24) is 15.4 Å². The Morgan fingerprint density at radius 1 is 1.52 bits per heavy atom. The van der Waals surface area contributed by atoms with Gasteiger partial charge in [-0.1, -0.05) is 5.16 Å². The van der Waals surface area contributed by atoms with Crippen LogP contribution in [0.4, 0.5) is 0 Å². The molecule has 136 valence electrons. The van der Waals surface area contributed by atoms with E-state index in [1.807, 2.05) is 19.2 Å². The van der Waals surface area contributed by atoms with Crippen molar-refractivity contribution in [3.05, 3.63) is 38.4 Å². The summed E-state index contributed by atoms with van der Waals surface area (Å²) in [5.41, 5.74) is 3.84. The number of carbonyl (C=O) groups is 1. The van der Waals surface area contributed by atoms with Gasteiger partial charge in [-0.05, 0) is 25.8 Å². The summed E-state index contributed by atoms with van der Waals surface area (Å²) in [5.74, 6) is 0.668. The van der Waals surface area contributed by atoms with Crippen molar-refractivity contribution >= 4 is 17.2 Å². The summed E-state index contributed by atoms with van der Waals surface area (Å²) in [5, 5.41) is 26.7. The second-order valence-electron chi connectivity index (χ2n) is 6.36. The Morgan fingerprint density at radius 2 is 2.32 bits per heavy atom. The van der Waals surface area contributed by atoms with Gasteiger partial charge in [0.2, 0.25) is 0 Å². The Hall–Kier alpha value is -1.74. The molecule has 0 fully saturated rings. The molecule has 0 bridgehead atoms. The largest absolute Gasteiger partial charge is 0.394 e. The average Bonchev–Trinajstić information content (AvgIpc) is 3.17. The first kappa shape index (κ1) is 18.1. The van der Waals surface area contributed by atoms with Crippen LogP contribution >= 0.6 is 11.3 Å². The average molecular weight is 365 g/mol. The third-order valence-electron chi connectivity index (χ3n) is 4.54. The van der Waals surface area contributed by atoms with Crippen molar-refractivity contribution in [3.8, 4) is 0 Å². The van der Waals surface area contributed by atoms with Gasteiger partial charge in [0.25, 0.3) is 5.91 Å². The first-order valence-corrected chi connectivity index (χ1v) is 9.18. The maximum atomic E-state index is 12.3. The van der Waals surface area contributed by atoms with Crippen molar-refractivity contribution in [2.75, 3.05) is 19.7 Å². The molecule has 2 aromatic rings. The molecule has 8 heteroatoms. The molecule has 0 saturated carbocycles. The van der Waals surface area contributed by atoms with Crippen LogP contribution in [0.15, 0.2) is 9.90 Å². The lowest BCUT2D eigenvalue weighted by Crippen LogP contribution is -2.35. The Balaban J connectivity index is 1.65. The van der Waals surface area contributed by atoms with Gasteiger partial charge in [-0.3, -0.25) is 9.69 Å². The fourth-order valence-electron chi connectivity index (χ4n) is 3.03. The molecule has 0 aromatic carbocycles. The van der Waals surface area contributed by atoms with E-state index in [2.05, 4.69) is 15.4 Å². The van der Waals surface area contributed by atoms with Crippen molar-refractivity contribution in [2.45, 2.75) is 39.5 Å². The second kappa shape index (κ2) is 7.65. The number of nitrogens with zero attached hydrogens (tertiary/aromatic N) is 2. The number of thiophene rings is 1. The first-order valence-electron chi connectivity index (χ1n) is 8.30. The van der Waals surface area contributed by atoms with Crippen LogP contribution in [0.1, 0.15) is 37.8 Å². The SMILES string of the molecule is Cc1noc(C)c1CN1CCc2c(C(=O)NCC(O)CO)csc2C1. The van der Waals surface area contributed by atoms with Gasteiger partial charge >= 0.3 is 0 Å². The minimum absolute atomic E-state index is 0.0537. The quantitative estimate of drug-likeness (QED) is 0.706. The molecule has 1 aliphatic heterocycles. The van der Waals surface area contributed by atoms with Crippen LogP contribution in [0.2, 0.25) is 0 Å². The van der Waals surface area contributed by atoms with Gasteiger partial charge in [-0.2, -0.15) is 0 Å². The van der Waals surface area contributed by atoms with E-state index in [4.69, 9.17) is 9.63 Å². The molecular formula is C17H23N3O4S. The summed E-state index contributed by atoms with van der Waals surface area (Å²) in [6.45, 7) is 6.04. The van der Waals surface area contributed by atoms with Crippen molar-refractivity contribution < 1.29 is 19.5 Å². The van der Waals surface area contributed by atoms with Gasteiger partial charge < -0.3 is 20.1 Å². The molecule has 0 radical (unpaired) electrons. The van der Waals surface area contributed by atoms with E-state index in [9.17, 15) is 9.90 Å². The molecule has 0 spiro atoms. The maximum Gasteiger partial charge on any atom is 0.252 e. The summed E-state index contributed by atoms with van der Waals surface area (Å²) in [6.07, 6.45) is -0.114. The third-order valence-corrected chi connectivity index (χ3v) is 5.56. The molecule has 1 aliphatic rings. The lowest BCUT2D eigenvalue weighted by Gasteiger charge is -2.27. The summed E-state index contributed by atoms with van der Waals surface area (Å²) in [4.78, 5) is 15.8. The zero-order valence-electron chi connectivity index (χ0n) is 14.4. The number of aromatic nitrogens is 1. The number of aliphatic hydroxyl groups excluding tert-OH is 2. The highest BCUT2D eigenvalue weighted by Crippen LogP contribution is 2.30. The highest BCUT2D eigenvalue weighted by atomic mass is 32.1. The number of amides is 1. The monoisotopic (exact) mass is 365 g/mol. The van der Waals surface area contributed by atoms with E-state index in [0.29, 0.717) is 5.56 Å². The van der Waals surface area contributed by atoms with E-state index in [1.54, 1.807) is 11.3 Å². The Labute approximate surface area is 150 Å². The number of aliphatic hydroxyl groups is 2. The number of rotatable bonds is 6. The summed E-state index contributed by atoms with van der Waals surface area (Å²) in [7, 11) is 0. The van der Waals surface area contributed by atoms with Crippen LogP contribution in [0.25, 0.3) is 0 Å². The Morgan fingerprint density at radius 3 is 3.00 bits per heavy atom. The predicted molar refractivity (Wildman–Crippen MR) is 93.5 cm³/mol. The van der Waals surface area contributed by atoms with E-state index >= 15 is 0 Å². The molecule has 1 unspecified atom stereocenters. The van der Waals surface area contributed by atoms with Gasteiger partial charge in [-0.15, -0.1) is 11.3 Å². The first-order chi connectivity index (χ1) is 12.0. The topological polar surface area (TPSA) is 98.8 Å². The minimum Gasteiger partial charge on any atom is -0.394 e. The van der Waals surface area contributed by atoms with Crippen molar-refractivity contribution in [1.29, 1.82) is 0 Å². The van der Waals surface area contributed by atoms with Crippen LogP contribution in [0, 0.1) is 13.8 Å². The smallest absolute Gasteiger partial charge is 0.252 e. The molecule has 0 saturated heterocycles. The van der Waals surface area contributed by atoms with Gasteiger partial charge in [0.1, 0.15) is 5.76 Å². The molecule has 25 heavy (non-hydrogen) atoms. The van der Waals surface area contributed by atoms with Gasteiger partial charge in [-0.25, -0.2) is 0 Å². The third kappa shape index (κ3) is 3.92. The molecule has 1 amide bonds. The van der Waals surface area contributed by atoms with Gasteiger partial charge in [0.15, 0.2) is 0 Å². The molecule has 3 N–H and O–H groups in total. The molecular weight excluding hydrogens is 342 g/mol. The van der Waals surface area contributed by atoms with E-state index in [-0.39, 0.29) is 19.1 Å². The fourth-order valence-corrected chi connectivity index (χ4v) is 4.15. The lowest BCUT2D eigenvalue weighted by molar-refractivity contribution is 0.0801. The number of aryl methyl sites for hydroxylation is 2. The maximum absolute atomic E-state index is 12.3. The minimum atomic E-state index is -0.927. The van der Waals surface area contributed by atoms with Gasteiger partial charge in [0, 0.05) is 42.0 Å². The highest BCUT2D eigenvalue weighted by molar-refractivity contribution is 7.10. The number of hydrogen-bond donors (Lipinski definition) is 3. The van der Waals surface area contributed by atoms with Gasteiger partial charge in [0.05, 0.1) is 24.0 Å². The summed E-state index contributed by atoms with van der Waals surface area (Å²) < 4.78 is 5.23. The van der Waals surface area contributed by atoms with Crippen LogP contribution in [0.5, 0.6) is 0 Å². The molecule has 1 atom stereocenters. The Bertz CT molecular complexity index is 736. The summed E-state index contributed by atoms with van der Waals surface area (Å²) >= 11 is 1.59. The summed E-state index contributed by atoms with van der Waals surface area (Å²) in [6, 6.07) is 0. The highest BCUT2D eigenvalue weighted by Gasteiger charge is 2.25. The molecule has 7 nitrogen and oxygen atoms in total. The molecule has 3 rings (SSSR count). The number of nitrogens with one attached hydrogen (secondary N) is 1. The zero-order chi connectivity index (χ0) is 18.0. The van der Waals surface area contributed by atoms with E-state index in [1.165, 1.54) is 4.88 Å². The van der Waals surface area contributed by atoms with Crippen molar-refractivity contribution in [3.63, 3.8) is 0 Å². The molecule has 0 aliphatic carbocycles. The number of carbonyl (C=O) groups excluding carboxylic acids is 1. The number of hydrogen-bond acceptors (Lipinski definition) is 7. The van der Waals surface area contributed by atoms with E-state index < -0.39 is 6.10 Å². The second-order valence-corrected chi connectivity index (χ2v) is 7.33. The zero-order valence-corrected chi connectivity index (χ0v) is 15.2. The van der Waals surface area contributed by atoms with Crippen molar-refractivity contribution in [2.24, 2.45) is 0 Å². The van der Waals surface area contributed by atoms with E-state index in [0.717, 1.165) is 48.6 Å². The van der Waals surface area contributed by atoms with Crippen LogP contribution in [-0.4, -0.2) is 52.0 Å². The van der Waals surface area contributed by atoms with Crippen LogP contribution in [0.3, 0.4) is 0 Å². The fraction of sp³-hybridized carbons (Fsp3) is 0.529. The van der Waals surface area contributed by atoms with Crippen LogP contribution in [-0.2, 0) is 19.5 Å². The number of fused-ring (bicyclic) bond motifs is 1. The standard InChI is InChI=1S/C17H23N3O4S/c1-10-14(11(2)24-19-10)6-20-4-3-13-15(9-25-16(13)7-20)17(23)18-5-12(22)8-21/h9,12,21-22H,3-8H2,1-2H3,(H,18,23).